The first kappa shape index (κ1) is 24.1. The summed E-state index contributed by atoms with van der Waals surface area (Å²) in [6.45, 7) is 18.9. The van der Waals surface area contributed by atoms with Gasteiger partial charge in [-0.15, -0.1) is 0 Å². The molecular formula is C25H41N5. The van der Waals surface area contributed by atoms with Crippen LogP contribution < -0.4 is 10.6 Å². The van der Waals surface area contributed by atoms with Crippen molar-refractivity contribution in [2.75, 3.05) is 17.2 Å². The number of aromatic nitrogens is 3. The van der Waals surface area contributed by atoms with Crippen LogP contribution in [0.2, 0.25) is 0 Å². The molecule has 0 radical (unpaired) electrons. The number of hydrogen-bond donors (Lipinski definition) is 2. The molecule has 0 unspecified atom stereocenters. The summed E-state index contributed by atoms with van der Waals surface area (Å²) in [5, 5.41) is 7.10. The van der Waals surface area contributed by atoms with Crippen molar-refractivity contribution in [1.29, 1.82) is 0 Å². The molecule has 1 heterocycles. The monoisotopic (exact) mass is 411 g/mol. The van der Waals surface area contributed by atoms with E-state index in [0.29, 0.717) is 17.7 Å². The van der Waals surface area contributed by atoms with Gasteiger partial charge in [0.2, 0.25) is 11.9 Å². The Kier molecular flexibility index (Phi) is 7.84. The average molecular weight is 412 g/mol. The zero-order valence-corrected chi connectivity index (χ0v) is 20.3. The molecule has 5 heteroatoms. The van der Waals surface area contributed by atoms with Gasteiger partial charge in [-0.2, -0.15) is 15.0 Å². The van der Waals surface area contributed by atoms with E-state index in [9.17, 15) is 0 Å². The minimum Gasteiger partial charge on any atom is -0.354 e. The molecule has 0 aliphatic heterocycles. The van der Waals surface area contributed by atoms with E-state index in [0.717, 1.165) is 37.8 Å². The molecule has 30 heavy (non-hydrogen) atoms. The molecule has 2 N–H and O–H groups in total. The lowest BCUT2D eigenvalue weighted by molar-refractivity contribution is 0.178. The van der Waals surface area contributed by atoms with E-state index in [-0.39, 0.29) is 16.4 Å². The van der Waals surface area contributed by atoms with Crippen LogP contribution in [0.25, 0.3) is 11.4 Å². The van der Waals surface area contributed by atoms with E-state index in [4.69, 9.17) is 15.0 Å². The van der Waals surface area contributed by atoms with Gasteiger partial charge >= 0.3 is 0 Å². The van der Waals surface area contributed by atoms with E-state index in [1.54, 1.807) is 0 Å². The fourth-order valence-electron chi connectivity index (χ4n) is 3.87. The first-order valence-corrected chi connectivity index (χ1v) is 11.4. The van der Waals surface area contributed by atoms with E-state index in [2.05, 4.69) is 66.0 Å². The highest BCUT2D eigenvalue weighted by Crippen LogP contribution is 2.39. The van der Waals surface area contributed by atoms with Gasteiger partial charge in [0, 0.05) is 17.6 Å². The second-order valence-corrected chi connectivity index (χ2v) is 9.96. The van der Waals surface area contributed by atoms with E-state index in [1.807, 2.05) is 30.3 Å². The highest BCUT2D eigenvalue weighted by molar-refractivity contribution is 5.58. The van der Waals surface area contributed by atoms with E-state index >= 15 is 0 Å². The van der Waals surface area contributed by atoms with Crippen molar-refractivity contribution in [3.63, 3.8) is 0 Å². The maximum Gasteiger partial charge on any atom is 0.228 e. The minimum atomic E-state index is -0.162. The van der Waals surface area contributed by atoms with Gasteiger partial charge in [-0.1, -0.05) is 78.3 Å². The van der Waals surface area contributed by atoms with Crippen LogP contribution in [0.3, 0.4) is 0 Å². The average Bonchev–Trinajstić information content (AvgIpc) is 2.71. The van der Waals surface area contributed by atoms with Crippen molar-refractivity contribution in [2.45, 2.75) is 86.6 Å². The summed E-state index contributed by atoms with van der Waals surface area (Å²) >= 11 is 0. The second-order valence-electron chi connectivity index (χ2n) is 9.96. The lowest BCUT2D eigenvalue weighted by Crippen LogP contribution is -2.47. The Morgan fingerprint density at radius 1 is 0.800 bits per heavy atom. The highest BCUT2D eigenvalue weighted by Gasteiger charge is 2.38. The van der Waals surface area contributed by atoms with Gasteiger partial charge in [-0.05, 0) is 43.9 Å². The minimum absolute atomic E-state index is 0.128. The quantitative estimate of drug-likeness (QED) is 0.426. The topological polar surface area (TPSA) is 62.7 Å². The van der Waals surface area contributed by atoms with Crippen LogP contribution in [-0.4, -0.2) is 27.0 Å². The van der Waals surface area contributed by atoms with Gasteiger partial charge in [0.15, 0.2) is 5.82 Å². The third-order valence-corrected chi connectivity index (χ3v) is 6.81. The Balaban J connectivity index is 2.39. The molecule has 0 spiro atoms. The Morgan fingerprint density at radius 2 is 1.40 bits per heavy atom. The van der Waals surface area contributed by atoms with Crippen LogP contribution in [0.15, 0.2) is 30.3 Å². The Labute approximate surface area is 183 Å². The maximum absolute atomic E-state index is 4.78. The molecule has 166 valence electrons. The number of nitrogens with zero attached hydrogens (tertiary/aromatic N) is 3. The van der Waals surface area contributed by atoms with Gasteiger partial charge in [-0.3, -0.25) is 0 Å². The van der Waals surface area contributed by atoms with Gasteiger partial charge in [0.05, 0.1) is 0 Å². The van der Waals surface area contributed by atoms with Crippen LogP contribution in [0.5, 0.6) is 0 Å². The van der Waals surface area contributed by atoms with Crippen molar-refractivity contribution in [3.8, 4) is 11.4 Å². The molecule has 0 aliphatic rings. The zero-order chi connectivity index (χ0) is 22.4. The third kappa shape index (κ3) is 5.93. The van der Waals surface area contributed by atoms with Crippen LogP contribution in [0, 0.1) is 10.8 Å². The molecular weight excluding hydrogens is 370 g/mol. The molecule has 0 aliphatic carbocycles. The molecule has 0 atom stereocenters. The molecule has 0 saturated heterocycles. The Hall–Kier alpha value is -2.17. The van der Waals surface area contributed by atoms with Crippen molar-refractivity contribution in [3.05, 3.63) is 30.3 Å². The Bertz CT molecular complexity index is 794. The maximum atomic E-state index is 4.78. The fraction of sp³-hybridized carbons (Fsp3) is 0.640. The van der Waals surface area contributed by atoms with E-state index < -0.39 is 0 Å². The molecule has 2 rings (SSSR count). The van der Waals surface area contributed by atoms with Crippen LogP contribution in [0.4, 0.5) is 11.9 Å². The Morgan fingerprint density at radius 3 is 1.97 bits per heavy atom. The first-order valence-electron chi connectivity index (χ1n) is 11.4. The van der Waals surface area contributed by atoms with Gasteiger partial charge in [0.1, 0.15) is 0 Å². The molecule has 1 aromatic heterocycles. The molecule has 0 saturated carbocycles. The van der Waals surface area contributed by atoms with Crippen molar-refractivity contribution >= 4 is 11.9 Å². The normalized spacial score (nSPS) is 12.7. The van der Waals surface area contributed by atoms with Gasteiger partial charge in [0.25, 0.3) is 0 Å². The molecule has 0 bridgehead atoms. The lowest BCUT2D eigenvalue weighted by atomic mass is 9.69. The van der Waals surface area contributed by atoms with Crippen LogP contribution >= 0.6 is 0 Å². The molecule has 0 fully saturated rings. The summed E-state index contributed by atoms with van der Waals surface area (Å²) in [4.78, 5) is 14.2. The summed E-state index contributed by atoms with van der Waals surface area (Å²) in [7, 11) is 0. The summed E-state index contributed by atoms with van der Waals surface area (Å²) in [5.41, 5.74) is 1.14. The molecule has 1 aromatic carbocycles. The molecule has 0 amide bonds. The molecule has 2 aromatic rings. The summed E-state index contributed by atoms with van der Waals surface area (Å²) < 4.78 is 0. The number of anilines is 2. The number of benzene rings is 1. The lowest BCUT2D eigenvalue weighted by Gasteiger charge is -2.44. The van der Waals surface area contributed by atoms with Gasteiger partial charge in [-0.25, -0.2) is 0 Å². The van der Waals surface area contributed by atoms with Crippen LogP contribution in [0.1, 0.15) is 81.1 Å². The second kappa shape index (κ2) is 9.76. The summed E-state index contributed by atoms with van der Waals surface area (Å²) in [5.74, 6) is 1.94. The summed E-state index contributed by atoms with van der Waals surface area (Å²) in [6.07, 6.45) is 4.47. The fourth-order valence-corrected chi connectivity index (χ4v) is 3.87. The highest BCUT2D eigenvalue weighted by atomic mass is 15.2. The van der Waals surface area contributed by atoms with Crippen molar-refractivity contribution in [1.82, 2.24) is 15.0 Å². The predicted molar refractivity (Wildman–Crippen MR) is 129 cm³/mol. The van der Waals surface area contributed by atoms with Gasteiger partial charge < -0.3 is 10.6 Å². The standard InChI is InChI=1S/C25H41N5/c1-9-17-23(4,5)18-26-21-27-20(19-15-13-12-14-16-19)28-22(29-21)30-24(6,7)25(8,10-2)11-3/h12-16H,9-11,17-18H2,1-8H3,(H2,26,27,28,29,30). The predicted octanol–water partition coefficient (Wildman–Crippen LogP) is 6.79. The largest absolute Gasteiger partial charge is 0.354 e. The number of hydrogen-bond acceptors (Lipinski definition) is 5. The van der Waals surface area contributed by atoms with Crippen molar-refractivity contribution in [2.24, 2.45) is 10.8 Å². The number of rotatable bonds is 11. The zero-order valence-electron chi connectivity index (χ0n) is 20.3. The SMILES string of the molecule is CCCC(C)(C)CNc1nc(NC(C)(C)C(C)(CC)CC)nc(-c2ccccc2)n1. The number of nitrogens with one attached hydrogen (secondary N) is 2. The smallest absolute Gasteiger partial charge is 0.228 e. The molecule has 5 nitrogen and oxygen atoms in total. The van der Waals surface area contributed by atoms with E-state index in [1.165, 1.54) is 0 Å². The summed E-state index contributed by atoms with van der Waals surface area (Å²) in [6, 6.07) is 10.1. The van der Waals surface area contributed by atoms with Crippen LogP contribution in [-0.2, 0) is 0 Å². The first-order chi connectivity index (χ1) is 14.1. The third-order valence-electron chi connectivity index (χ3n) is 6.81. The van der Waals surface area contributed by atoms with Crippen molar-refractivity contribution < 1.29 is 0 Å².